The highest BCUT2D eigenvalue weighted by atomic mass is 16.6. The third kappa shape index (κ3) is 5.11. The Balaban J connectivity index is 1.84. The number of hydrogen-bond acceptors (Lipinski definition) is 8. The van der Waals surface area contributed by atoms with E-state index < -0.39 is 17.9 Å². The first-order chi connectivity index (χ1) is 16.3. The largest absolute Gasteiger partial charge is 0.462 e. The van der Waals surface area contributed by atoms with Gasteiger partial charge in [0, 0.05) is 11.6 Å². The number of benzene rings is 1. The minimum Gasteiger partial charge on any atom is -0.462 e. The maximum Gasteiger partial charge on any atom is 0.340 e. The molecule has 0 saturated heterocycles. The molecule has 182 valence electrons. The van der Waals surface area contributed by atoms with Gasteiger partial charge in [-0.3, -0.25) is 4.79 Å². The van der Waals surface area contributed by atoms with Crippen molar-refractivity contribution >= 4 is 11.9 Å². The van der Waals surface area contributed by atoms with E-state index in [9.17, 15) is 9.59 Å². The molecule has 1 aliphatic carbocycles. The number of fused-ring (bicyclic) bond motifs is 1. The summed E-state index contributed by atoms with van der Waals surface area (Å²) in [5, 5.41) is 7.55. The monoisotopic (exact) mass is 468 g/mol. The summed E-state index contributed by atoms with van der Waals surface area (Å²) in [6.07, 6.45) is 4.47. The Labute approximate surface area is 199 Å². The van der Waals surface area contributed by atoms with E-state index >= 15 is 0 Å². The fraction of sp³-hybridized carbons (Fsp3) is 0.500. The van der Waals surface area contributed by atoms with Crippen LogP contribution in [-0.2, 0) is 19.1 Å². The molecule has 2 aromatic rings. The molecular weight excluding hydrogens is 436 g/mol. The summed E-state index contributed by atoms with van der Waals surface area (Å²) in [7, 11) is 0. The zero-order valence-electron chi connectivity index (χ0n) is 20.1. The van der Waals surface area contributed by atoms with Crippen molar-refractivity contribution in [3.8, 4) is 17.2 Å². The fourth-order valence-electron chi connectivity index (χ4n) is 4.40. The molecule has 1 aromatic heterocycles. The van der Waals surface area contributed by atoms with E-state index in [4.69, 9.17) is 18.7 Å². The van der Waals surface area contributed by atoms with Gasteiger partial charge in [-0.05, 0) is 40.5 Å². The predicted molar refractivity (Wildman–Crippen MR) is 125 cm³/mol. The lowest BCUT2D eigenvalue weighted by Crippen LogP contribution is -2.39. The Kier molecular flexibility index (Phi) is 7.24. The van der Waals surface area contributed by atoms with Crippen molar-refractivity contribution in [2.45, 2.75) is 84.0 Å². The van der Waals surface area contributed by atoms with Crippen molar-refractivity contribution in [1.82, 2.24) is 10.5 Å². The highest BCUT2D eigenvalue weighted by molar-refractivity contribution is 6.01. The first-order valence-electron chi connectivity index (χ1n) is 12.0. The maximum atomic E-state index is 13.5. The zero-order chi connectivity index (χ0) is 24.2. The molecule has 0 spiro atoms. The smallest absolute Gasteiger partial charge is 0.340 e. The van der Waals surface area contributed by atoms with Crippen LogP contribution in [0, 0.1) is 0 Å². The van der Waals surface area contributed by atoms with Crippen LogP contribution in [0.15, 0.2) is 46.3 Å². The summed E-state index contributed by atoms with van der Waals surface area (Å²) >= 11 is 0. The Morgan fingerprint density at radius 3 is 2.32 bits per heavy atom. The molecule has 0 bridgehead atoms. The molecule has 1 saturated carbocycles. The number of aromatic nitrogens is 1. The van der Waals surface area contributed by atoms with Crippen LogP contribution in [0.1, 0.15) is 71.3 Å². The second-order valence-electron chi connectivity index (χ2n) is 9.30. The molecule has 8 nitrogen and oxygen atoms in total. The van der Waals surface area contributed by atoms with Gasteiger partial charge in [0.25, 0.3) is 0 Å². The number of ether oxygens (including phenoxy) is 3. The first kappa shape index (κ1) is 23.9. The van der Waals surface area contributed by atoms with E-state index in [2.05, 4.69) is 10.5 Å². The maximum absolute atomic E-state index is 13.5. The molecule has 1 aromatic carbocycles. The topological polar surface area (TPSA) is 99.9 Å². The number of hydrogen-bond donors (Lipinski definition) is 1. The van der Waals surface area contributed by atoms with Gasteiger partial charge >= 0.3 is 17.9 Å². The van der Waals surface area contributed by atoms with E-state index in [0.29, 0.717) is 11.3 Å². The Bertz CT molecular complexity index is 1050. The average Bonchev–Trinajstić information content (AvgIpc) is 3.22. The summed E-state index contributed by atoms with van der Waals surface area (Å²) in [6, 6.07) is 9.44. The highest BCUT2D eigenvalue weighted by Crippen LogP contribution is 2.45. The summed E-state index contributed by atoms with van der Waals surface area (Å²) in [5.74, 6) is -2.08. The minimum atomic E-state index is -1.11. The van der Waals surface area contributed by atoms with Crippen LogP contribution in [0.3, 0.4) is 0 Å². The second-order valence-corrected chi connectivity index (χ2v) is 9.30. The molecule has 2 aliphatic rings. The van der Waals surface area contributed by atoms with Crippen LogP contribution in [0.4, 0.5) is 0 Å². The standard InChI is InChI=1S/C26H32N2O6/c1-15(2)31-24(29)19-20-22(17-11-7-5-8-12-17)28-34-26(20)33-23(21(19)25(30)32-16(3)4)27-18-13-9-6-10-14-18/h5,7-8,11-12,15-16,18-19,27H,6,9-10,13-14H2,1-4H3. The Morgan fingerprint density at radius 1 is 1.00 bits per heavy atom. The van der Waals surface area contributed by atoms with Crippen molar-refractivity contribution in [3.05, 3.63) is 47.4 Å². The fourth-order valence-corrected chi connectivity index (χ4v) is 4.40. The van der Waals surface area contributed by atoms with Crippen LogP contribution in [0.5, 0.6) is 5.95 Å². The summed E-state index contributed by atoms with van der Waals surface area (Å²) in [5.41, 5.74) is 1.60. The molecule has 0 amide bonds. The van der Waals surface area contributed by atoms with Gasteiger partial charge in [0.2, 0.25) is 5.88 Å². The van der Waals surface area contributed by atoms with E-state index in [1.807, 2.05) is 30.3 Å². The third-order valence-corrected chi connectivity index (χ3v) is 5.85. The molecular formula is C26H32N2O6. The van der Waals surface area contributed by atoms with Gasteiger partial charge in [-0.2, -0.15) is 0 Å². The van der Waals surface area contributed by atoms with Crippen LogP contribution < -0.4 is 10.1 Å². The van der Waals surface area contributed by atoms with Crippen molar-refractivity contribution < 1.29 is 28.3 Å². The third-order valence-electron chi connectivity index (χ3n) is 5.85. The molecule has 8 heteroatoms. The van der Waals surface area contributed by atoms with Crippen LogP contribution in [0.2, 0.25) is 0 Å². The van der Waals surface area contributed by atoms with E-state index in [1.54, 1.807) is 27.7 Å². The minimum absolute atomic E-state index is 0.0731. The first-order valence-corrected chi connectivity index (χ1v) is 12.0. The van der Waals surface area contributed by atoms with Crippen LogP contribution >= 0.6 is 0 Å². The molecule has 1 fully saturated rings. The average molecular weight is 469 g/mol. The molecule has 1 N–H and O–H groups in total. The van der Waals surface area contributed by atoms with Crippen molar-refractivity contribution in [2.24, 2.45) is 0 Å². The molecule has 0 radical (unpaired) electrons. The zero-order valence-corrected chi connectivity index (χ0v) is 20.1. The lowest BCUT2D eigenvalue weighted by molar-refractivity contribution is -0.152. The van der Waals surface area contributed by atoms with Crippen LogP contribution in [-0.4, -0.2) is 35.3 Å². The second kappa shape index (κ2) is 10.3. The van der Waals surface area contributed by atoms with Gasteiger partial charge in [-0.15, -0.1) is 0 Å². The lowest BCUT2D eigenvalue weighted by atomic mass is 9.87. The number of rotatable bonds is 7. The highest BCUT2D eigenvalue weighted by Gasteiger charge is 2.46. The number of carbonyl (C=O) groups excluding carboxylic acids is 2. The van der Waals surface area contributed by atoms with E-state index in [1.165, 1.54) is 6.42 Å². The summed E-state index contributed by atoms with van der Waals surface area (Å²) < 4.78 is 22.8. The van der Waals surface area contributed by atoms with Gasteiger partial charge < -0.3 is 24.1 Å². The molecule has 34 heavy (non-hydrogen) atoms. The lowest BCUT2D eigenvalue weighted by Gasteiger charge is -2.30. The summed E-state index contributed by atoms with van der Waals surface area (Å²) in [4.78, 5) is 26.9. The van der Waals surface area contributed by atoms with Gasteiger partial charge in [-0.1, -0.05) is 54.8 Å². The van der Waals surface area contributed by atoms with E-state index in [0.717, 1.165) is 31.2 Å². The van der Waals surface area contributed by atoms with Gasteiger partial charge in [0.15, 0.2) is 0 Å². The molecule has 2 heterocycles. The van der Waals surface area contributed by atoms with E-state index in [-0.39, 0.29) is 35.7 Å². The summed E-state index contributed by atoms with van der Waals surface area (Å²) in [6.45, 7) is 7.05. The van der Waals surface area contributed by atoms with Crippen molar-refractivity contribution in [1.29, 1.82) is 0 Å². The van der Waals surface area contributed by atoms with Crippen molar-refractivity contribution in [3.63, 3.8) is 0 Å². The Hall–Kier alpha value is -3.29. The molecule has 4 rings (SSSR count). The Morgan fingerprint density at radius 2 is 1.68 bits per heavy atom. The van der Waals surface area contributed by atoms with Gasteiger partial charge in [-0.25, -0.2) is 4.79 Å². The van der Waals surface area contributed by atoms with Gasteiger partial charge in [0.05, 0.1) is 17.8 Å². The number of carbonyl (C=O) groups is 2. The normalized spacial score (nSPS) is 18.5. The molecule has 1 unspecified atom stereocenters. The van der Waals surface area contributed by atoms with Crippen LogP contribution in [0.25, 0.3) is 11.3 Å². The quantitative estimate of drug-likeness (QED) is 0.576. The number of nitrogens with one attached hydrogen (secondary N) is 1. The van der Waals surface area contributed by atoms with Crippen molar-refractivity contribution in [2.75, 3.05) is 0 Å². The predicted octanol–water partition coefficient (Wildman–Crippen LogP) is 4.85. The van der Waals surface area contributed by atoms with Gasteiger partial charge in [0.1, 0.15) is 17.2 Å². The SMILES string of the molecule is CC(C)OC(=O)C1=C(NC2CCCCC2)Oc2onc(-c3ccccc3)c2C1C(=O)OC(C)C. The number of nitrogens with zero attached hydrogens (tertiary/aromatic N) is 1. The molecule has 1 aliphatic heterocycles. The molecule has 1 atom stereocenters. The number of esters is 2.